The molecule has 0 saturated heterocycles. The highest BCUT2D eigenvalue weighted by atomic mass is 16.2. The summed E-state index contributed by atoms with van der Waals surface area (Å²) in [5.41, 5.74) is 0. The zero-order chi connectivity index (χ0) is 5.54. The SMILES string of the molecule is [2H]OCCCC=C. The van der Waals surface area contributed by atoms with Crippen LogP contribution in [-0.2, 0) is 0 Å². The maximum absolute atomic E-state index is 6.25. The number of rotatable bonds is 4. The third-order valence-corrected chi connectivity index (χ3v) is 0.553. The van der Waals surface area contributed by atoms with Crippen LogP contribution in [0.15, 0.2) is 12.7 Å². The number of aliphatic hydroxyl groups excluding tert-OH is 1. The molecular weight excluding hydrogens is 76.1 g/mol. The minimum absolute atomic E-state index is 0.520. The maximum atomic E-state index is 6.25. The summed E-state index contributed by atoms with van der Waals surface area (Å²) in [7, 11) is 0. The number of allylic oxidation sites excluding steroid dienone is 1. The topological polar surface area (TPSA) is 20.2 Å². The van der Waals surface area contributed by atoms with Crippen molar-refractivity contribution in [2.75, 3.05) is 6.61 Å². The molecule has 0 spiro atoms. The molecule has 0 atom stereocenters. The molecule has 1 nitrogen and oxygen atoms in total. The first kappa shape index (κ1) is 3.88. The van der Waals surface area contributed by atoms with E-state index in [9.17, 15) is 0 Å². The molecule has 0 aliphatic carbocycles. The summed E-state index contributed by atoms with van der Waals surface area (Å²) < 4.78 is 6.25. The number of aliphatic hydroxyl groups is 1. The van der Waals surface area contributed by atoms with Crippen LogP contribution in [0.1, 0.15) is 12.8 Å². The van der Waals surface area contributed by atoms with E-state index in [1.54, 1.807) is 0 Å². The Bertz CT molecular complexity index is 45.3. The highest BCUT2D eigenvalue weighted by Gasteiger charge is 1.72. The third kappa shape index (κ3) is 3.70. The van der Waals surface area contributed by atoms with Crippen LogP contribution in [-0.4, -0.2) is 13.1 Å². The molecule has 1 N–H and O–H groups in total. The first-order chi connectivity index (χ1) is 3.41. The second-order valence-electron chi connectivity index (χ2n) is 1.14. The summed E-state index contributed by atoms with van der Waals surface area (Å²) in [5.74, 6) is 0. The maximum Gasteiger partial charge on any atom is 0.210 e. The van der Waals surface area contributed by atoms with Gasteiger partial charge in [0.25, 0.3) is 0 Å². The van der Waals surface area contributed by atoms with Crippen molar-refractivity contribution in [2.45, 2.75) is 12.8 Å². The first-order valence-electron chi connectivity index (χ1n) is 2.51. The molecule has 0 fully saturated rings. The minimum Gasteiger partial charge on any atom is -0.396 e. The lowest BCUT2D eigenvalue weighted by Crippen LogP contribution is -1.76. The van der Waals surface area contributed by atoms with Gasteiger partial charge in [0.15, 0.2) is 0 Å². The van der Waals surface area contributed by atoms with E-state index >= 15 is 0 Å². The Morgan fingerprint density at radius 1 is 2.00 bits per heavy atom. The monoisotopic (exact) mass is 87.1 g/mol. The summed E-state index contributed by atoms with van der Waals surface area (Å²) in [6.07, 6.45) is 3.67. The van der Waals surface area contributed by atoms with Crippen LogP contribution < -0.4 is 0 Å². The van der Waals surface area contributed by atoms with Crippen molar-refractivity contribution in [3.05, 3.63) is 12.7 Å². The van der Waals surface area contributed by atoms with Crippen molar-refractivity contribution in [2.24, 2.45) is 0 Å². The van der Waals surface area contributed by atoms with Crippen molar-refractivity contribution in [1.82, 2.24) is 0 Å². The van der Waals surface area contributed by atoms with Crippen molar-refractivity contribution in [3.63, 3.8) is 0 Å². The largest absolute Gasteiger partial charge is 0.396 e. The van der Waals surface area contributed by atoms with Gasteiger partial charge in [-0.25, -0.2) is 0 Å². The average Bonchev–Trinajstić information content (AvgIpc) is 1.69. The van der Waals surface area contributed by atoms with Gasteiger partial charge in [0.05, 0.1) is 0 Å². The Labute approximate surface area is 39.8 Å². The van der Waals surface area contributed by atoms with Gasteiger partial charge in [0.2, 0.25) is 1.43 Å². The Kier molecular flexibility index (Phi) is 3.04. The smallest absolute Gasteiger partial charge is 0.210 e. The third-order valence-electron chi connectivity index (χ3n) is 0.553. The van der Waals surface area contributed by atoms with E-state index in [0.29, 0.717) is 6.61 Å². The van der Waals surface area contributed by atoms with Gasteiger partial charge in [-0.15, -0.1) is 6.58 Å². The second kappa shape index (κ2) is 4.70. The van der Waals surface area contributed by atoms with Gasteiger partial charge in [-0.3, -0.25) is 0 Å². The van der Waals surface area contributed by atoms with E-state index in [1.165, 1.54) is 0 Å². The highest BCUT2D eigenvalue weighted by Crippen LogP contribution is 1.83. The van der Waals surface area contributed by atoms with E-state index in [-0.39, 0.29) is 0 Å². The first-order valence-corrected chi connectivity index (χ1v) is 2.11. The molecule has 0 radical (unpaired) electrons. The van der Waals surface area contributed by atoms with Crippen LogP contribution in [0.3, 0.4) is 0 Å². The molecule has 0 aromatic carbocycles. The fourth-order valence-electron chi connectivity index (χ4n) is 0.228. The molecule has 36 valence electrons. The summed E-state index contributed by atoms with van der Waals surface area (Å²) in [6, 6.07) is 0. The normalized spacial score (nSPS) is 10.3. The van der Waals surface area contributed by atoms with Crippen molar-refractivity contribution < 1.29 is 5.11 Å². The molecule has 0 aromatic heterocycles. The molecule has 0 aliphatic rings. The lowest BCUT2D eigenvalue weighted by Gasteiger charge is -1.81. The highest BCUT2D eigenvalue weighted by molar-refractivity contribution is 4.64. The van der Waals surface area contributed by atoms with E-state index in [4.69, 9.17) is 1.43 Å². The molecule has 0 unspecified atom stereocenters. The molecule has 1 heteroatoms. The van der Waals surface area contributed by atoms with Crippen LogP contribution in [0.4, 0.5) is 0 Å². The molecule has 0 aromatic rings. The van der Waals surface area contributed by atoms with E-state index in [2.05, 4.69) is 11.7 Å². The fourth-order valence-corrected chi connectivity index (χ4v) is 0.228. The molecule has 0 saturated carbocycles. The predicted octanol–water partition coefficient (Wildman–Crippen LogP) is 0.945. The average molecular weight is 87.1 g/mol. The lowest BCUT2D eigenvalue weighted by molar-refractivity contribution is 0.289. The van der Waals surface area contributed by atoms with Gasteiger partial charge in [-0.1, -0.05) is 6.08 Å². The fraction of sp³-hybridized carbons (Fsp3) is 0.600. The van der Waals surface area contributed by atoms with E-state index in [0.717, 1.165) is 12.8 Å². The summed E-state index contributed by atoms with van der Waals surface area (Å²) in [6.45, 7) is 4.04. The summed E-state index contributed by atoms with van der Waals surface area (Å²) >= 11 is 0. The van der Waals surface area contributed by atoms with Crippen LogP contribution in [0.25, 0.3) is 0 Å². The van der Waals surface area contributed by atoms with Gasteiger partial charge in [0, 0.05) is 6.61 Å². The zero-order valence-corrected chi connectivity index (χ0v) is 3.81. The van der Waals surface area contributed by atoms with Crippen LogP contribution in [0, 0.1) is 0 Å². The van der Waals surface area contributed by atoms with Gasteiger partial charge in [-0.2, -0.15) is 0 Å². The van der Waals surface area contributed by atoms with Gasteiger partial charge < -0.3 is 5.11 Å². The van der Waals surface area contributed by atoms with Crippen molar-refractivity contribution in [3.8, 4) is 0 Å². The van der Waals surface area contributed by atoms with Crippen molar-refractivity contribution in [1.29, 1.82) is 1.43 Å². The van der Waals surface area contributed by atoms with Crippen LogP contribution in [0.5, 0.6) is 0 Å². The van der Waals surface area contributed by atoms with Gasteiger partial charge >= 0.3 is 0 Å². The Morgan fingerprint density at radius 2 is 2.83 bits per heavy atom. The number of unbranched alkanes of at least 4 members (excludes halogenated alkanes) is 1. The molecule has 0 heterocycles. The molecule has 0 bridgehead atoms. The van der Waals surface area contributed by atoms with E-state index < -0.39 is 0 Å². The minimum atomic E-state index is 0.520. The van der Waals surface area contributed by atoms with Gasteiger partial charge in [-0.05, 0) is 12.8 Å². The molecular formula is C5H10O. The Balaban J connectivity index is 2.56. The number of hydrogen-bond acceptors (Lipinski definition) is 1. The molecule has 0 rings (SSSR count). The molecule has 0 aliphatic heterocycles. The quantitative estimate of drug-likeness (QED) is 0.399. The summed E-state index contributed by atoms with van der Waals surface area (Å²) in [5, 5.41) is 4.05. The van der Waals surface area contributed by atoms with Crippen LogP contribution in [0.2, 0.25) is 0 Å². The summed E-state index contributed by atoms with van der Waals surface area (Å²) in [4.78, 5) is 0. The van der Waals surface area contributed by atoms with Gasteiger partial charge in [0.1, 0.15) is 0 Å². The van der Waals surface area contributed by atoms with Crippen molar-refractivity contribution >= 4 is 0 Å². The predicted molar refractivity (Wildman–Crippen MR) is 26.5 cm³/mol. The Morgan fingerprint density at radius 3 is 3.33 bits per heavy atom. The van der Waals surface area contributed by atoms with Crippen LogP contribution >= 0.6 is 0 Å². The molecule has 6 heavy (non-hydrogen) atoms. The number of hydrogen-bond donors (Lipinski definition) is 1. The second-order valence-corrected chi connectivity index (χ2v) is 1.14. The molecule has 0 amide bonds. The van der Waals surface area contributed by atoms with E-state index in [1.807, 2.05) is 6.08 Å². The standard InChI is InChI=1S/C5H10O/c1-2-3-4-5-6/h2,6H,1,3-5H2/i6D. The lowest BCUT2D eigenvalue weighted by atomic mass is 10.3. The zero-order valence-electron chi connectivity index (χ0n) is 4.81. The Hall–Kier alpha value is -0.300.